The summed E-state index contributed by atoms with van der Waals surface area (Å²) >= 11 is 4.97. The first-order chi connectivity index (χ1) is 7.18. The second-order valence-electron chi connectivity index (χ2n) is 3.60. The Bertz CT molecular complexity index is 419. The van der Waals surface area contributed by atoms with Crippen molar-refractivity contribution in [1.29, 1.82) is 0 Å². The third-order valence-electron chi connectivity index (χ3n) is 2.37. The fraction of sp³-hybridized carbons (Fsp3) is 0.625. The van der Waals surface area contributed by atoms with Crippen LogP contribution in [0.15, 0.2) is 0 Å². The van der Waals surface area contributed by atoms with Gasteiger partial charge in [0.15, 0.2) is 4.77 Å². The Hall–Kier alpha value is -1.37. The molecule has 2 rings (SSSR count). The number of carbonyl (C=O) groups is 1. The van der Waals surface area contributed by atoms with E-state index < -0.39 is 0 Å². The van der Waals surface area contributed by atoms with E-state index in [-0.39, 0.29) is 11.8 Å². The molecule has 6 nitrogen and oxygen atoms in total. The lowest BCUT2D eigenvalue weighted by Crippen LogP contribution is -2.28. The normalized spacial score (nSPS) is 15.2. The molecular formula is C8H13N5OS. The van der Waals surface area contributed by atoms with Gasteiger partial charge in [0.1, 0.15) is 0 Å². The summed E-state index contributed by atoms with van der Waals surface area (Å²) in [5.41, 5.74) is 5.57. The number of H-pyrrole nitrogens is 1. The number of nitrogens with two attached hydrogens (primary N) is 1. The number of aromatic nitrogens is 3. The summed E-state index contributed by atoms with van der Waals surface area (Å²) in [7, 11) is 0. The lowest BCUT2D eigenvalue weighted by molar-refractivity contribution is -0.122. The van der Waals surface area contributed by atoms with Gasteiger partial charge in [-0.15, -0.1) is 5.10 Å². The largest absolute Gasteiger partial charge is 0.368 e. The Labute approximate surface area is 91.9 Å². The van der Waals surface area contributed by atoms with Crippen LogP contribution in [-0.2, 0) is 11.3 Å². The van der Waals surface area contributed by atoms with Gasteiger partial charge in [-0.25, -0.2) is 5.10 Å². The fourth-order valence-electron chi connectivity index (χ4n) is 1.33. The number of rotatable bonds is 4. The second kappa shape index (κ2) is 4.01. The molecule has 1 aromatic rings. The Balaban J connectivity index is 1.82. The Kier molecular flexibility index (Phi) is 2.72. The summed E-state index contributed by atoms with van der Waals surface area (Å²) in [5.74, 6) is 0.712. The molecule has 1 fully saturated rings. The maximum atomic E-state index is 11.3. The molecule has 0 aliphatic heterocycles. The first-order valence-corrected chi connectivity index (χ1v) is 5.27. The van der Waals surface area contributed by atoms with Crippen molar-refractivity contribution in [3.05, 3.63) is 4.77 Å². The van der Waals surface area contributed by atoms with Crippen LogP contribution in [0.3, 0.4) is 0 Å². The minimum Gasteiger partial charge on any atom is -0.368 e. The number of hydrogen-bond acceptors (Lipinski definition) is 4. The molecule has 4 N–H and O–H groups in total. The standard InChI is InChI=1S/C8H13N5OS/c9-7-11-12-8(15)13(7)4-3-10-6(14)5-1-2-5/h5H,1-4H2,(H2,9,11)(H,10,14)(H,12,15). The quantitative estimate of drug-likeness (QED) is 0.634. The Morgan fingerprint density at radius 1 is 1.73 bits per heavy atom. The molecule has 0 bridgehead atoms. The highest BCUT2D eigenvalue weighted by Gasteiger charge is 2.29. The van der Waals surface area contributed by atoms with E-state index in [9.17, 15) is 4.79 Å². The van der Waals surface area contributed by atoms with Crippen LogP contribution in [0.2, 0.25) is 0 Å². The highest BCUT2D eigenvalue weighted by molar-refractivity contribution is 7.71. The van der Waals surface area contributed by atoms with Crippen LogP contribution in [0.25, 0.3) is 0 Å². The van der Waals surface area contributed by atoms with E-state index in [0.717, 1.165) is 12.8 Å². The van der Waals surface area contributed by atoms with E-state index in [0.29, 0.717) is 23.8 Å². The molecule has 0 unspecified atom stereocenters. The lowest BCUT2D eigenvalue weighted by atomic mass is 10.4. The zero-order valence-electron chi connectivity index (χ0n) is 8.19. The Morgan fingerprint density at radius 3 is 3.00 bits per heavy atom. The maximum absolute atomic E-state index is 11.3. The van der Waals surface area contributed by atoms with Crippen molar-refractivity contribution < 1.29 is 4.79 Å². The average molecular weight is 227 g/mol. The molecule has 82 valence electrons. The number of aromatic amines is 1. The lowest BCUT2D eigenvalue weighted by Gasteiger charge is -2.05. The molecule has 1 saturated carbocycles. The third kappa shape index (κ3) is 2.35. The summed E-state index contributed by atoms with van der Waals surface area (Å²) in [6.07, 6.45) is 2.03. The number of hydrogen-bond donors (Lipinski definition) is 3. The van der Waals surface area contributed by atoms with Crippen LogP contribution in [0, 0.1) is 10.7 Å². The van der Waals surface area contributed by atoms with Gasteiger partial charge < -0.3 is 11.1 Å². The molecular weight excluding hydrogens is 214 g/mol. The molecule has 0 aromatic carbocycles. The molecule has 1 aromatic heterocycles. The van der Waals surface area contributed by atoms with E-state index in [2.05, 4.69) is 15.5 Å². The summed E-state index contributed by atoms with van der Waals surface area (Å²) in [6, 6.07) is 0. The van der Waals surface area contributed by atoms with Gasteiger partial charge in [0.25, 0.3) is 0 Å². The number of nitrogens with one attached hydrogen (secondary N) is 2. The highest BCUT2D eigenvalue weighted by Crippen LogP contribution is 2.28. The van der Waals surface area contributed by atoms with Crippen molar-refractivity contribution in [3.8, 4) is 0 Å². The van der Waals surface area contributed by atoms with Crippen LogP contribution in [0.5, 0.6) is 0 Å². The van der Waals surface area contributed by atoms with E-state index in [1.54, 1.807) is 4.57 Å². The van der Waals surface area contributed by atoms with Crippen LogP contribution in [0.1, 0.15) is 12.8 Å². The molecule has 15 heavy (non-hydrogen) atoms. The van der Waals surface area contributed by atoms with Crippen LogP contribution in [0.4, 0.5) is 5.95 Å². The molecule has 1 aliphatic rings. The van der Waals surface area contributed by atoms with Crippen molar-refractivity contribution in [2.45, 2.75) is 19.4 Å². The smallest absolute Gasteiger partial charge is 0.223 e. The molecule has 7 heteroatoms. The minimum atomic E-state index is 0.128. The van der Waals surface area contributed by atoms with Gasteiger partial charge in [0, 0.05) is 19.0 Å². The van der Waals surface area contributed by atoms with Crippen LogP contribution in [-0.4, -0.2) is 27.2 Å². The molecule has 0 atom stereocenters. The summed E-state index contributed by atoms with van der Waals surface area (Å²) in [6.45, 7) is 1.09. The number of nitrogens with zero attached hydrogens (tertiary/aromatic N) is 2. The van der Waals surface area contributed by atoms with Gasteiger partial charge in [-0.1, -0.05) is 0 Å². The molecule has 1 amide bonds. The second-order valence-corrected chi connectivity index (χ2v) is 3.99. The van der Waals surface area contributed by atoms with E-state index in [1.165, 1.54) is 0 Å². The topological polar surface area (TPSA) is 88.7 Å². The first-order valence-electron chi connectivity index (χ1n) is 4.87. The van der Waals surface area contributed by atoms with E-state index >= 15 is 0 Å². The van der Waals surface area contributed by atoms with Crippen LogP contribution < -0.4 is 11.1 Å². The maximum Gasteiger partial charge on any atom is 0.223 e. The monoisotopic (exact) mass is 227 g/mol. The van der Waals surface area contributed by atoms with Crippen molar-refractivity contribution in [1.82, 2.24) is 20.1 Å². The number of carbonyl (C=O) groups excluding carboxylic acids is 1. The predicted molar refractivity (Wildman–Crippen MR) is 57.6 cm³/mol. The van der Waals surface area contributed by atoms with Gasteiger partial charge in [-0.3, -0.25) is 9.36 Å². The van der Waals surface area contributed by atoms with Crippen molar-refractivity contribution in [3.63, 3.8) is 0 Å². The number of amides is 1. The summed E-state index contributed by atoms with van der Waals surface area (Å²) in [4.78, 5) is 11.3. The van der Waals surface area contributed by atoms with Gasteiger partial charge in [0.2, 0.25) is 11.9 Å². The number of nitrogen functional groups attached to an aromatic ring is 1. The van der Waals surface area contributed by atoms with Gasteiger partial charge in [-0.2, -0.15) is 0 Å². The molecule has 0 saturated heterocycles. The molecule has 0 radical (unpaired) electrons. The molecule has 1 heterocycles. The van der Waals surface area contributed by atoms with E-state index in [4.69, 9.17) is 18.0 Å². The van der Waals surface area contributed by atoms with Crippen molar-refractivity contribution >= 4 is 24.1 Å². The summed E-state index contributed by atoms with van der Waals surface area (Å²) < 4.78 is 2.14. The van der Waals surface area contributed by atoms with Gasteiger partial charge in [0.05, 0.1) is 0 Å². The first kappa shape index (κ1) is 10.2. The average Bonchev–Trinajstić information content (AvgIpc) is 2.99. The fourth-order valence-corrected chi connectivity index (χ4v) is 1.56. The van der Waals surface area contributed by atoms with E-state index in [1.807, 2.05) is 0 Å². The molecule has 1 aliphatic carbocycles. The van der Waals surface area contributed by atoms with Crippen molar-refractivity contribution in [2.24, 2.45) is 5.92 Å². The summed E-state index contributed by atoms with van der Waals surface area (Å²) in [5, 5.41) is 9.19. The Morgan fingerprint density at radius 2 is 2.47 bits per heavy atom. The third-order valence-corrected chi connectivity index (χ3v) is 2.68. The highest BCUT2D eigenvalue weighted by atomic mass is 32.1. The van der Waals surface area contributed by atoms with Gasteiger partial charge >= 0.3 is 0 Å². The minimum absolute atomic E-state index is 0.128. The molecule has 0 spiro atoms. The number of anilines is 1. The van der Waals surface area contributed by atoms with Crippen molar-refractivity contribution in [2.75, 3.05) is 12.3 Å². The SMILES string of the molecule is Nc1n[nH]c(=S)n1CCNC(=O)C1CC1. The van der Waals surface area contributed by atoms with Gasteiger partial charge in [-0.05, 0) is 25.1 Å². The predicted octanol–water partition coefficient (Wildman–Crippen LogP) is 0.0491. The zero-order chi connectivity index (χ0) is 10.8. The zero-order valence-corrected chi connectivity index (χ0v) is 9.01. The van der Waals surface area contributed by atoms with Crippen LogP contribution >= 0.6 is 12.2 Å².